The predicted molar refractivity (Wildman–Crippen MR) is 90.3 cm³/mol. The van der Waals surface area contributed by atoms with Crippen molar-refractivity contribution in [3.63, 3.8) is 0 Å². The molecule has 0 saturated carbocycles. The van der Waals surface area contributed by atoms with Gasteiger partial charge in [0.1, 0.15) is 5.75 Å². The van der Waals surface area contributed by atoms with Crippen LogP contribution >= 0.6 is 11.6 Å². The number of carbonyl (C=O) groups is 1. The van der Waals surface area contributed by atoms with Gasteiger partial charge >= 0.3 is 11.8 Å². The van der Waals surface area contributed by atoms with E-state index in [0.29, 0.717) is 28.6 Å². The third-order valence-corrected chi connectivity index (χ3v) is 3.36. The molecule has 7 heteroatoms. The van der Waals surface area contributed by atoms with Crippen LogP contribution in [0.1, 0.15) is 17.6 Å². The van der Waals surface area contributed by atoms with E-state index >= 15 is 0 Å². The number of rotatable bonds is 5. The van der Waals surface area contributed by atoms with Crippen LogP contribution < -0.4 is 10.1 Å². The third kappa shape index (κ3) is 3.55. The Morgan fingerprint density at radius 3 is 2.83 bits per heavy atom. The van der Waals surface area contributed by atoms with E-state index in [1.165, 1.54) is 0 Å². The highest BCUT2D eigenvalue weighted by atomic mass is 35.5. The molecule has 122 valence electrons. The van der Waals surface area contributed by atoms with Crippen LogP contribution in [0.25, 0.3) is 11.5 Å². The lowest BCUT2D eigenvalue weighted by Crippen LogP contribution is -2.13. The Kier molecular flexibility index (Phi) is 4.77. The minimum absolute atomic E-state index is 0.142. The summed E-state index contributed by atoms with van der Waals surface area (Å²) in [6.07, 6.45) is 0. The first-order chi connectivity index (χ1) is 11.7. The maximum Gasteiger partial charge on any atom is 0.313 e. The molecule has 0 saturated heterocycles. The quantitative estimate of drug-likeness (QED) is 0.756. The fourth-order valence-electron chi connectivity index (χ4n) is 2.08. The number of halogens is 1. The Morgan fingerprint density at radius 1 is 1.21 bits per heavy atom. The Hall–Kier alpha value is -2.86. The Labute approximate surface area is 143 Å². The van der Waals surface area contributed by atoms with Crippen molar-refractivity contribution in [2.45, 2.75) is 6.92 Å². The van der Waals surface area contributed by atoms with Gasteiger partial charge < -0.3 is 14.5 Å². The second-order valence-corrected chi connectivity index (χ2v) is 5.24. The number of aromatic nitrogens is 2. The summed E-state index contributed by atoms with van der Waals surface area (Å²) in [6.45, 7) is 2.36. The average molecular weight is 344 g/mol. The van der Waals surface area contributed by atoms with E-state index < -0.39 is 5.91 Å². The lowest BCUT2D eigenvalue weighted by Gasteiger charge is -2.09. The van der Waals surface area contributed by atoms with Crippen LogP contribution in [0.3, 0.4) is 0 Å². The Morgan fingerprint density at radius 2 is 2.04 bits per heavy atom. The monoisotopic (exact) mass is 343 g/mol. The van der Waals surface area contributed by atoms with Gasteiger partial charge in [0.25, 0.3) is 0 Å². The van der Waals surface area contributed by atoms with Gasteiger partial charge in [-0.3, -0.25) is 4.79 Å². The van der Waals surface area contributed by atoms with Gasteiger partial charge in [-0.2, -0.15) is 0 Å². The number of nitrogens with one attached hydrogen (secondary N) is 1. The SMILES string of the molecule is CCOc1ccccc1NC(=O)c1nnc(-c2cccc(Cl)c2)o1. The first-order valence-electron chi connectivity index (χ1n) is 7.30. The molecule has 1 amide bonds. The van der Waals surface area contributed by atoms with Gasteiger partial charge in [-0.15, -0.1) is 10.2 Å². The van der Waals surface area contributed by atoms with E-state index in [2.05, 4.69) is 15.5 Å². The normalized spacial score (nSPS) is 10.4. The average Bonchev–Trinajstić information content (AvgIpc) is 3.07. The number of carbonyl (C=O) groups excluding carboxylic acids is 1. The minimum Gasteiger partial charge on any atom is -0.492 e. The zero-order valence-corrected chi connectivity index (χ0v) is 13.6. The molecule has 0 aliphatic carbocycles. The van der Waals surface area contributed by atoms with Crippen LogP contribution in [-0.4, -0.2) is 22.7 Å². The summed E-state index contributed by atoms with van der Waals surface area (Å²) in [5.41, 5.74) is 1.18. The van der Waals surface area contributed by atoms with E-state index in [4.69, 9.17) is 20.8 Å². The van der Waals surface area contributed by atoms with Gasteiger partial charge in [-0.25, -0.2) is 0 Å². The number of hydrogen-bond donors (Lipinski definition) is 1. The third-order valence-electron chi connectivity index (χ3n) is 3.13. The standard InChI is InChI=1S/C17H14ClN3O3/c1-2-23-14-9-4-3-8-13(14)19-15(22)17-21-20-16(24-17)11-6-5-7-12(18)10-11/h3-10H,2H2,1H3,(H,19,22). The molecule has 1 heterocycles. The van der Waals surface area contributed by atoms with E-state index in [1.54, 1.807) is 42.5 Å². The summed E-state index contributed by atoms with van der Waals surface area (Å²) in [6, 6.07) is 14.1. The first-order valence-corrected chi connectivity index (χ1v) is 7.68. The van der Waals surface area contributed by atoms with Crippen LogP contribution in [0, 0.1) is 0 Å². The molecule has 0 aliphatic rings. The van der Waals surface area contributed by atoms with Crippen LogP contribution in [0.4, 0.5) is 5.69 Å². The second-order valence-electron chi connectivity index (χ2n) is 4.81. The van der Waals surface area contributed by atoms with Gasteiger partial charge in [0.15, 0.2) is 0 Å². The number of ether oxygens (including phenoxy) is 1. The smallest absolute Gasteiger partial charge is 0.313 e. The first kappa shape index (κ1) is 16.0. The molecule has 0 atom stereocenters. The lowest BCUT2D eigenvalue weighted by atomic mass is 10.2. The highest BCUT2D eigenvalue weighted by molar-refractivity contribution is 6.30. The van der Waals surface area contributed by atoms with Gasteiger partial charge in [0, 0.05) is 10.6 Å². The molecule has 0 spiro atoms. The molecule has 3 rings (SSSR count). The number of nitrogens with zero attached hydrogens (tertiary/aromatic N) is 2. The van der Waals surface area contributed by atoms with Crippen molar-refractivity contribution >= 4 is 23.2 Å². The fourth-order valence-corrected chi connectivity index (χ4v) is 2.27. The van der Waals surface area contributed by atoms with Crippen molar-refractivity contribution in [2.24, 2.45) is 0 Å². The van der Waals surface area contributed by atoms with Gasteiger partial charge in [-0.1, -0.05) is 29.8 Å². The van der Waals surface area contributed by atoms with E-state index in [9.17, 15) is 4.79 Å². The summed E-state index contributed by atoms with van der Waals surface area (Å²) >= 11 is 5.94. The number of anilines is 1. The molecule has 6 nitrogen and oxygen atoms in total. The number of benzene rings is 2. The molecule has 1 aromatic heterocycles. The zero-order valence-electron chi connectivity index (χ0n) is 12.8. The largest absolute Gasteiger partial charge is 0.492 e. The number of hydrogen-bond acceptors (Lipinski definition) is 5. The molecule has 24 heavy (non-hydrogen) atoms. The van der Waals surface area contributed by atoms with Crippen molar-refractivity contribution in [1.29, 1.82) is 0 Å². The van der Waals surface area contributed by atoms with Crippen LogP contribution in [0.5, 0.6) is 5.75 Å². The summed E-state index contributed by atoms with van der Waals surface area (Å²) in [5, 5.41) is 10.9. The Balaban J connectivity index is 1.79. The van der Waals surface area contributed by atoms with Gasteiger partial charge in [-0.05, 0) is 37.3 Å². The van der Waals surface area contributed by atoms with E-state index in [1.807, 2.05) is 13.0 Å². The maximum atomic E-state index is 12.3. The molecular weight excluding hydrogens is 330 g/mol. The highest BCUT2D eigenvalue weighted by Gasteiger charge is 2.17. The molecule has 0 aliphatic heterocycles. The molecule has 1 N–H and O–H groups in total. The van der Waals surface area contributed by atoms with Crippen molar-refractivity contribution in [2.75, 3.05) is 11.9 Å². The number of amides is 1. The fraction of sp³-hybridized carbons (Fsp3) is 0.118. The molecule has 2 aromatic carbocycles. The molecule has 0 fully saturated rings. The zero-order chi connectivity index (χ0) is 16.9. The predicted octanol–water partition coefficient (Wildman–Crippen LogP) is 4.04. The summed E-state index contributed by atoms with van der Waals surface area (Å²) in [4.78, 5) is 12.3. The summed E-state index contributed by atoms with van der Waals surface area (Å²) in [7, 11) is 0. The van der Waals surface area contributed by atoms with Gasteiger partial charge in [0.2, 0.25) is 5.89 Å². The maximum absolute atomic E-state index is 12.3. The van der Waals surface area contributed by atoms with Crippen LogP contribution in [0.2, 0.25) is 5.02 Å². The summed E-state index contributed by atoms with van der Waals surface area (Å²) < 4.78 is 10.9. The topological polar surface area (TPSA) is 77.2 Å². The summed E-state index contributed by atoms with van der Waals surface area (Å²) in [5.74, 6) is 0.142. The minimum atomic E-state index is -0.511. The Bertz CT molecular complexity index is 864. The van der Waals surface area contributed by atoms with Gasteiger partial charge in [0.05, 0.1) is 12.3 Å². The second kappa shape index (κ2) is 7.14. The van der Waals surface area contributed by atoms with E-state index in [0.717, 1.165) is 0 Å². The lowest BCUT2D eigenvalue weighted by molar-refractivity contribution is 0.0990. The van der Waals surface area contributed by atoms with Crippen molar-refractivity contribution in [1.82, 2.24) is 10.2 Å². The van der Waals surface area contributed by atoms with Crippen LogP contribution in [0.15, 0.2) is 52.9 Å². The number of para-hydroxylation sites is 2. The molecular formula is C17H14ClN3O3. The van der Waals surface area contributed by atoms with Crippen molar-refractivity contribution in [3.8, 4) is 17.2 Å². The molecule has 3 aromatic rings. The highest BCUT2D eigenvalue weighted by Crippen LogP contribution is 2.25. The molecule has 0 radical (unpaired) electrons. The van der Waals surface area contributed by atoms with E-state index in [-0.39, 0.29) is 11.8 Å². The van der Waals surface area contributed by atoms with Crippen molar-refractivity contribution in [3.05, 3.63) is 59.4 Å². The van der Waals surface area contributed by atoms with Crippen molar-refractivity contribution < 1.29 is 13.9 Å². The molecule has 0 bridgehead atoms. The van der Waals surface area contributed by atoms with Crippen LogP contribution in [-0.2, 0) is 0 Å². The molecule has 0 unspecified atom stereocenters.